The van der Waals surface area contributed by atoms with Gasteiger partial charge in [-0.1, -0.05) is 36.4 Å². The van der Waals surface area contributed by atoms with Gasteiger partial charge in [0.2, 0.25) is 0 Å². The third-order valence-corrected chi connectivity index (χ3v) is 6.84. The van der Waals surface area contributed by atoms with Gasteiger partial charge in [-0.15, -0.1) is 11.3 Å². The summed E-state index contributed by atoms with van der Waals surface area (Å²) in [6, 6.07) is 15.3. The second kappa shape index (κ2) is 9.32. The minimum atomic E-state index is -0.537. The average Bonchev–Trinajstić information content (AvgIpc) is 3.15. The van der Waals surface area contributed by atoms with Crippen molar-refractivity contribution in [3.05, 3.63) is 81.4 Å². The van der Waals surface area contributed by atoms with E-state index >= 15 is 0 Å². The van der Waals surface area contributed by atoms with Crippen LogP contribution in [0.2, 0.25) is 0 Å². The number of nitrogens with zero attached hydrogens (tertiary/aromatic N) is 2. The number of thiophene rings is 1. The number of hydrogen-bond donors (Lipinski definition) is 1. The molecule has 0 spiro atoms. The smallest absolute Gasteiger partial charge is 0.270 e. The molecule has 2 aromatic carbocycles. The van der Waals surface area contributed by atoms with Crippen LogP contribution in [0, 0.1) is 17.0 Å². The van der Waals surface area contributed by atoms with Gasteiger partial charge >= 0.3 is 0 Å². The summed E-state index contributed by atoms with van der Waals surface area (Å²) in [5, 5.41) is 14.4. The fraction of sp³-hybridized carbons (Fsp3) is 0.250. The van der Waals surface area contributed by atoms with Crippen molar-refractivity contribution in [1.82, 2.24) is 4.90 Å². The summed E-state index contributed by atoms with van der Waals surface area (Å²) in [6.07, 6.45) is 3.05. The number of piperidine rings is 1. The second-order valence-electron chi connectivity index (χ2n) is 7.74. The van der Waals surface area contributed by atoms with Crippen LogP contribution in [0.3, 0.4) is 0 Å². The fourth-order valence-corrected chi connectivity index (χ4v) is 5.11. The molecule has 1 aromatic heterocycles. The van der Waals surface area contributed by atoms with E-state index in [4.69, 9.17) is 0 Å². The maximum absolute atomic E-state index is 13.4. The Morgan fingerprint density at radius 1 is 1.03 bits per heavy atom. The molecule has 1 saturated heterocycles. The number of amides is 2. The van der Waals surface area contributed by atoms with E-state index in [9.17, 15) is 19.7 Å². The lowest BCUT2D eigenvalue weighted by Gasteiger charge is -2.27. The van der Waals surface area contributed by atoms with Gasteiger partial charge in [0.15, 0.2) is 0 Å². The first-order valence-corrected chi connectivity index (χ1v) is 11.3. The molecule has 0 atom stereocenters. The van der Waals surface area contributed by atoms with Crippen LogP contribution in [-0.4, -0.2) is 34.7 Å². The normalized spacial score (nSPS) is 13.6. The van der Waals surface area contributed by atoms with E-state index in [0.717, 1.165) is 35.3 Å². The molecule has 4 rings (SSSR count). The lowest BCUT2D eigenvalue weighted by atomic mass is 10.0. The largest absolute Gasteiger partial charge is 0.339 e. The van der Waals surface area contributed by atoms with Crippen molar-refractivity contribution in [2.75, 3.05) is 18.4 Å². The van der Waals surface area contributed by atoms with Crippen molar-refractivity contribution >= 4 is 33.8 Å². The number of nitro benzene ring substituents is 1. The molecule has 1 fully saturated rings. The van der Waals surface area contributed by atoms with Crippen LogP contribution in [0.15, 0.2) is 54.6 Å². The number of carbonyl (C=O) groups is 2. The van der Waals surface area contributed by atoms with Gasteiger partial charge in [-0.25, -0.2) is 0 Å². The Kier molecular flexibility index (Phi) is 6.32. The SMILES string of the molecule is Cc1c(-c2ccccc2)sc(NC(=O)c2cccc([N+](=O)[O-])c2)c1C(=O)N1CCCCC1. The zero-order valence-electron chi connectivity index (χ0n) is 17.7. The van der Waals surface area contributed by atoms with E-state index in [1.807, 2.05) is 42.2 Å². The van der Waals surface area contributed by atoms with Crippen molar-refractivity contribution in [3.63, 3.8) is 0 Å². The van der Waals surface area contributed by atoms with Gasteiger partial charge in [-0.3, -0.25) is 19.7 Å². The predicted molar refractivity (Wildman–Crippen MR) is 125 cm³/mol. The van der Waals surface area contributed by atoms with Crippen LogP contribution in [0.1, 0.15) is 45.5 Å². The van der Waals surface area contributed by atoms with Crippen molar-refractivity contribution in [2.24, 2.45) is 0 Å². The first kappa shape index (κ1) is 21.7. The topological polar surface area (TPSA) is 92.5 Å². The van der Waals surface area contributed by atoms with E-state index in [-0.39, 0.29) is 17.2 Å². The molecule has 1 N–H and O–H groups in total. The lowest BCUT2D eigenvalue weighted by molar-refractivity contribution is -0.384. The maximum Gasteiger partial charge on any atom is 0.270 e. The second-order valence-corrected chi connectivity index (χ2v) is 8.76. The van der Waals surface area contributed by atoms with Crippen molar-refractivity contribution < 1.29 is 14.5 Å². The number of anilines is 1. The summed E-state index contributed by atoms with van der Waals surface area (Å²) in [5.41, 5.74) is 2.30. The van der Waals surface area contributed by atoms with E-state index in [0.29, 0.717) is 23.7 Å². The van der Waals surface area contributed by atoms with Gasteiger partial charge < -0.3 is 10.2 Å². The van der Waals surface area contributed by atoms with Gasteiger partial charge in [-0.05, 0) is 43.4 Å². The van der Waals surface area contributed by atoms with Gasteiger partial charge in [0.1, 0.15) is 5.00 Å². The number of carbonyl (C=O) groups excluding carboxylic acids is 2. The zero-order chi connectivity index (χ0) is 22.7. The Hall–Kier alpha value is -3.52. The van der Waals surface area contributed by atoms with Crippen LogP contribution >= 0.6 is 11.3 Å². The minimum Gasteiger partial charge on any atom is -0.339 e. The zero-order valence-corrected chi connectivity index (χ0v) is 18.5. The van der Waals surface area contributed by atoms with Crippen molar-refractivity contribution in [1.29, 1.82) is 0 Å². The van der Waals surface area contributed by atoms with Crippen LogP contribution in [0.25, 0.3) is 10.4 Å². The highest BCUT2D eigenvalue weighted by Crippen LogP contribution is 2.41. The Morgan fingerprint density at radius 3 is 2.44 bits per heavy atom. The minimum absolute atomic E-state index is 0.0880. The van der Waals surface area contributed by atoms with Gasteiger partial charge in [0, 0.05) is 35.7 Å². The summed E-state index contributed by atoms with van der Waals surface area (Å²) in [5.74, 6) is -0.572. The van der Waals surface area contributed by atoms with Gasteiger partial charge in [-0.2, -0.15) is 0 Å². The molecule has 164 valence electrons. The number of non-ortho nitro benzene ring substituents is 1. The molecule has 8 heteroatoms. The van der Waals surface area contributed by atoms with Gasteiger partial charge in [0.25, 0.3) is 17.5 Å². The summed E-state index contributed by atoms with van der Waals surface area (Å²) in [7, 11) is 0. The molecule has 32 heavy (non-hydrogen) atoms. The van der Waals surface area contributed by atoms with Crippen LogP contribution in [0.5, 0.6) is 0 Å². The molecule has 0 bridgehead atoms. The fourth-order valence-electron chi connectivity index (χ4n) is 3.92. The Labute approximate surface area is 189 Å². The summed E-state index contributed by atoms with van der Waals surface area (Å²) >= 11 is 1.35. The van der Waals surface area contributed by atoms with E-state index in [1.165, 1.54) is 35.6 Å². The molecule has 3 aromatic rings. The molecule has 1 aliphatic rings. The first-order chi connectivity index (χ1) is 15.5. The van der Waals surface area contributed by atoms with Gasteiger partial charge in [0.05, 0.1) is 10.5 Å². The number of rotatable bonds is 5. The average molecular weight is 450 g/mol. The predicted octanol–water partition coefficient (Wildman–Crippen LogP) is 5.51. The molecule has 0 unspecified atom stereocenters. The molecular formula is C24H23N3O4S. The molecule has 0 aliphatic carbocycles. The third kappa shape index (κ3) is 4.40. The summed E-state index contributed by atoms with van der Waals surface area (Å²) < 4.78 is 0. The van der Waals surface area contributed by atoms with E-state index in [2.05, 4.69) is 5.32 Å². The lowest BCUT2D eigenvalue weighted by Crippen LogP contribution is -2.36. The number of nitro groups is 1. The highest BCUT2D eigenvalue weighted by molar-refractivity contribution is 7.20. The van der Waals surface area contributed by atoms with E-state index in [1.54, 1.807) is 0 Å². The highest BCUT2D eigenvalue weighted by Gasteiger charge is 2.28. The third-order valence-electron chi connectivity index (χ3n) is 5.59. The summed E-state index contributed by atoms with van der Waals surface area (Å²) in [6.45, 7) is 3.30. The van der Waals surface area contributed by atoms with Crippen molar-refractivity contribution in [3.8, 4) is 10.4 Å². The quantitative estimate of drug-likeness (QED) is 0.411. The highest BCUT2D eigenvalue weighted by atomic mass is 32.1. The Morgan fingerprint density at radius 2 is 1.75 bits per heavy atom. The number of benzene rings is 2. The molecule has 7 nitrogen and oxygen atoms in total. The first-order valence-electron chi connectivity index (χ1n) is 10.5. The monoisotopic (exact) mass is 449 g/mol. The maximum atomic E-state index is 13.4. The molecule has 0 radical (unpaired) electrons. The molecule has 0 saturated carbocycles. The summed E-state index contributed by atoms with van der Waals surface area (Å²) in [4.78, 5) is 39.7. The molecule has 2 heterocycles. The number of likely N-dealkylation sites (tertiary alicyclic amines) is 1. The molecule has 1 aliphatic heterocycles. The number of hydrogen-bond acceptors (Lipinski definition) is 5. The van der Waals surface area contributed by atoms with Crippen molar-refractivity contribution in [2.45, 2.75) is 26.2 Å². The molecule has 2 amide bonds. The van der Waals surface area contributed by atoms with Crippen LogP contribution in [0.4, 0.5) is 10.7 Å². The van der Waals surface area contributed by atoms with Crippen LogP contribution in [-0.2, 0) is 0 Å². The van der Waals surface area contributed by atoms with Crippen LogP contribution < -0.4 is 5.32 Å². The standard InChI is InChI=1S/C24H23N3O4S/c1-16-20(24(29)26-13-6-3-7-14-26)23(32-21(16)17-9-4-2-5-10-17)25-22(28)18-11-8-12-19(15-18)27(30)31/h2,4-5,8-12,15H,3,6-7,13-14H2,1H3,(H,25,28). The molecular weight excluding hydrogens is 426 g/mol. The Balaban J connectivity index is 1.73. The Bertz CT molecular complexity index is 1170. The number of nitrogens with one attached hydrogen (secondary N) is 1. The van der Waals surface area contributed by atoms with E-state index < -0.39 is 10.8 Å².